The molecule has 0 atom stereocenters. The third-order valence-corrected chi connectivity index (χ3v) is 3.41. The fourth-order valence-corrected chi connectivity index (χ4v) is 2.19. The van der Waals surface area contributed by atoms with Crippen LogP contribution in [-0.2, 0) is 6.54 Å². The molecule has 21 heavy (non-hydrogen) atoms. The minimum Gasteiger partial charge on any atom is -0.454 e. The third-order valence-electron chi connectivity index (χ3n) is 3.08. The van der Waals surface area contributed by atoms with E-state index >= 15 is 0 Å². The first-order chi connectivity index (χ1) is 10.1. The minimum absolute atomic E-state index is 0.00686. The molecule has 0 aliphatic carbocycles. The molecule has 1 N–H and O–H groups in total. The highest BCUT2D eigenvalue weighted by Crippen LogP contribution is 2.33. The van der Waals surface area contributed by atoms with Gasteiger partial charge in [-0.05, 0) is 23.8 Å². The van der Waals surface area contributed by atoms with Crippen LogP contribution in [0.1, 0.15) is 5.56 Å². The van der Waals surface area contributed by atoms with Crippen molar-refractivity contribution in [2.75, 3.05) is 12.1 Å². The lowest BCUT2D eigenvalue weighted by molar-refractivity contribution is -0.384. The summed E-state index contributed by atoms with van der Waals surface area (Å²) in [6, 6.07) is 9.87. The van der Waals surface area contributed by atoms with Gasteiger partial charge in [-0.1, -0.05) is 17.7 Å². The molecule has 0 spiro atoms. The lowest BCUT2D eigenvalue weighted by Crippen LogP contribution is -2.01. The molecule has 0 saturated carbocycles. The van der Waals surface area contributed by atoms with Crippen molar-refractivity contribution in [3.63, 3.8) is 0 Å². The molecule has 3 rings (SSSR count). The summed E-state index contributed by atoms with van der Waals surface area (Å²) in [5, 5.41) is 14.3. The number of non-ortho nitro benzene ring substituents is 1. The number of nitrogens with zero attached hydrogens (tertiary/aromatic N) is 1. The number of nitro groups is 1. The van der Waals surface area contributed by atoms with Gasteiger partial charge in [-0.15, -0.1) is 0 Å². The second-order valence-electron chi connectivity index (χ2n) is 4.46. The van der Waals surface area contributed by atoms with Crippen LogP contribution in [0.3, 0.4) is 0 Å². The van der Waals surface area contributed by atoms with Crippen molar-refractivity contribution in [1.82, 2.24) is 0 Å². The van der Waals surface area contributed by atoms with E-state index in [2.05, 4.69) is 5.32 Å². The zero-order valence-electron chi connectivity index (χ0n) is 10.8. The van der Waals surface area contributed by atoms with E-state index in [0.29, 0.717) is 28.8 Å². The van der Waals surface area contributed by atoms with Gasteiger partial charge >= 0.3 is 0 Å². The van der Waals surface area contributed by atoms with Crippen molar-refractivity contribution < 1.29 is 14.4 Å². The Bertz CT molecular complexity index is 705. The summed E-state index contributed by atoms with van der Waals surface area (Å²) in [4.78, 5) is 10.3. The number of ether oxygens (including phenoxy) is 2. The van der Waals surface area contributed by atoms with Crippen LogP contribution in [-0.4, -0.2) is 11.7 Å². The van der Waals surface area contributed by atoms with E-state index in [1.807, 2.05) is 18.2 Å². The molecular formula is C14H11ClN2O4. The number of hydrogen-bond donors (Lipinski definition) is 1. The zero-order chi connectivity index (χ0) is 14.8. The Hall–Kier alpha value is -2.47. The van der Waals surface area contributed by atoms with Gasteiger partial charge in [-0.2, -0.15) is 0 Å². The summed E-state index contributed by atoms with van der Waals surface area (Å²) in [6.45, 7) is 0.695. The lowest BCUT2D eigenvalue weighted by Gasteiger charge is -2.09. The smallest absolute Gasteiger partial charge is 0.271 e. The van der Waals surface area contributed by atoms with E-state index in [1.165, 1.54) is 18.2 Å². The van der Waals surface area contributed by atoms with Crippen LogP contribution in [0.25, 0.3) is 0 Å². The molecule has 1 aliphatic rings. The number of hydrogen-bond acceptors (Lipinski definition) is 5. The Morgan fingerprint density at radius 2 is 2.00 bits per heavy atom. The van der Waals surface area contributed by atoms with E-state index < -0.39 is 4.92 Å². The van der Waals surface area contributed by atoms with Gasteiger partial charge in [-0.3, -0.25) is 10.1 Å². The van der Waals surface area contributed by atoms with E-state index in [1.54, 1.807) is 0 Å². The standard InChI is InChI=1S/C14H11ClN2O4/c15-11-3-2-10(17(18)19)6-12(11)16-7-9-1-4-13-14(5-9)21-8-20-13/h1-6,16H,7-8H2. The number of anilines is 1. The summed E-state index contributed by atoms with van der Waals surface area (Å²) in [7, 11) is 0. The van der Waals surface area contributed by atoms with Crippen LogP contribution in [0.2, 0.25) is 5.02 Å². The highest BCUT2D eigenvalue weighted by atomic mass is 35.5. The van der Waals surface area contributed by atoms with E-state index in [9.17, 15) is 10.1 Å². The number of benzene rings is 2. The maximum atomic E-state index is 10.8. The molecule has 0 aromatic heterocycles. The topological polar surface area (TPSA) is 73.6 Å². The summed E-state index contributed by atoms with van der Waals surface area (Å²) in [5.74, 6) is 1.41. The predicted octanol–water partition coefficient (Wildman–Crippen LogP) is 3.59. The molecule has 1 aliphatic heterocycles. The molecule has 0 fully saturated rings. The van der Waals surface area contributed by atoms with Crippen LogP contribution < -0.4 is 14.8 Å². The molecule has 0 bridgehead atoms. The molecule has 2 aromatic carbocycles. The number of nitro benzene ring substituents is 1. The molecule has 7 heteroatoms. The van der Waals surface area contributed by atoms with E-state index in [-0.39, 0.29) is 12.5 Å². The molecular weight excluding hydrogens is 296 g/mol. The highest BCUT2D eigenvalue weighted by molar-refractivity contribution is 6.33. The summed E-state index contributed by atoms with van der Waals surface area (Å²) in [5.41, 5.74) is 1.47. The number of halogens is 1. The molecule has 6 nitrogen and oxygen atoms in total. The molecule has 2 aromatic rings. The summed E-state index contributed by atoms with van der Waals surface area (Å²) in [6.07, 6.45) is 0. The van der Waals surface area contributed by atoms with Gasteiger partial charge in [0.05, 0.1) is 15.6 Å². The largest absolute Gasteiger partial charge is 0.454 e. The van der Waals surface area contributed by atoms with Gasteiger partial charge in [0.1, 0.15) is 0 Å². The minimum atomic E-state index is -0.456. The first kappa shape index (κ1) is 13.5. The Morgan fingerprint density at radius 1 is 1.19 bits per heavy atom. The third kappa shape index (κ3) is 2.85. The van der Waals surface area contributed by atoms with Crippen LogP contribution >= 0.6 is 11.6 Å². The second kappa shape index (κ2) is 5.49. The first-order valence-electron chi connectivity index (χ1n) is 6.20. The van der Waals surface area contributed by atoms with Crippen LogP contribution in [0.15, 0.2) is 36.4 Å². The lowest BCUT2D eigenvalue weighted by atomic mass is 10.2. The van der Waals surface area contributed by atoms with Crippen molar-refractivity contribution in [3.05, 3.63) is 57.1 Å². The molecule has 1 heterocycles. The Labute approximate surface area is 125 Å². The number of fused-ring (bicyclic) bond motifs is 1. The summed E-state index contributed by atoms with van der Waals surface area (Å²) >= 11 is 6.03. The van der Waals surface area contributed by atoms with Crippen LogP contribution in [0.4, 0.5) is 11.4 Å². The number of nitrogens with one attached hydrogen (secondary N) is 1. The van der Waals surface area contributed by atoms with Crippen molar-refractivity contribution in [2.45, 2.75) is 6.54 Å². The summed E-state index contributed by atoms with van der Waals surface area (Å²) < 4.78 is 10.5. The van der Waals surface area contributed by atoms with E-state index in [4.69, 9.17) is 21.1 Å². The Balaban J connectivity index is 1.75. The monoisotopic (exact) mass is 306 g/mol. The first-order valence-corrected chi connectivity index (χ1v) is 6.57. The molecule has 0 unspecified atom stereocenters. The van der Waals surface area contributed by atoms with Crippen molar-refractivity contribution in [3.8, 4) is 11.5 Å². The second-order valence-corrected chi connectivity index (χ2v) is 4.87. The van der Waals surface area contributed by atoms with Gasteiger partial charge in [-0.25, -0.2) is 0 Å². The maximum Gasteiger partial charge on any atom is 0.271 e. The van der Waals surface area contributed by atoms with E-state index in [0.717, 1.165) is 5.56 Å². The van der Waals surface area contributed by atoms with Crippen molar-refractivity contribution >= 4 is 23.0 Å². The van der Waals surface area contributed by atoms with Gasteiger partial charge < -0.3 is 14.8 Å². The van der Waals surface area contributed by atoms with Gasteiger partial charge in [0, 0.05) is 18.7 Å². The van der Waals surface area contributed by atoms with Gasteiger partial charge in [0.15, 0.2) is 11.5 Å². The normalized spacial score (nSPS) is 12.2. The Kier molecular flexibility index (Phi) is 3.53. The Morgan fingerprint density at radius 3 is 2.81 bits per heavy atom. The molecule has 0 radical (unpaired) electrons. The average molecular weight is 307 g/mol. The fourth-order valence-electron chi connectivity index (χ4n) is 2.01. The zero-order valence-corrected chi connectivity index (χ0v) is 11.6. The average Bonchev–Trinajstić information content (AvgIpc) is 2.93. The highest BCUT2D eigenvalue weighted by Gasteiger charge is 2.14. The fraction of sp³-hybridized carbons (Fsp3) is 0.143. The SMILES string of the molecule is O=[N+]([O-])c1ccc(Cl)c(NCc2ccc3c(c2)OCO3)c1. The van der Waals surface area contributed by atoms with Crippen molar-refractivity contribution in [1.29, 1.82) is 0 Å². The van der Waals surface area contributed by atoms with Gasteiger partial charge in [0.25, 0.3) is 5.69 Å². The molecule has 0 amide bonds. The predicted molar refractivity (Wildman–Crippen MR) is 78.0 cm³/mol. The molecule has 0 saturated heterocycles. The van der Waals surface area contributed by atoms with Gasteiger partial charge in [0.2, 0.25) is 6.79 Å². The maximum absolute atomic E-state index is 10.8. The molecule has 108 valence electrons. The number of rotatable bonds is 4. The van der Waals surface area contributed by atoms with Crippen molar-refractivity contribution in [2.24, 2.45) is 0 Å². The van der Waals surface area contributed by atoms with Crippen LogP contribution in [0, 0.1) is 10.1 Å². The quantitative estimate of drug-likeness (QED) is 0.690. The van der Waals surface area contributed by atoms with Crippen LogP contribution in [0.5, 0.6) is 11.5 Å².